The average Bonchev–Trinajstić information content (AvgIpc) is 3.18. The minimum atomic E-state index is -0.398. The molecule has 27 heavy (non-hydrogen) atoms. The van der Waals surface area contributed by atoms with Gasteiger partial charge in [0.2, 0.25) is 0 Å². The predicted molar refractivity (Wildman–Crippen MR) is 105 cm³/mol. The molecule has 0 fully saturated rings. The van der Waals surface area contributed by atoms with E-state index in [9.17, 15) is 9.90 Å². The van der Waals surface area contributed by atoms with Crippen molar-refractivity contribution in [2.45, 2.75) is 0 Å². The Bertz CT molecular complexity index is 1140. The first-order valence-electron chi connectivity index (χ1n) is 8.37. The van der Waals surface area contributed by atoms with E-state index in [-0.39, 0.29) is 5.75 Å². The molecule has 4 aromatic rings. The second kappa shape index (κ2) is 7.13. The number of fused-ring (bicyclic) bond motifs is 1. The third-order valence-corrected chi connectivity index (χ3v) is 4.14. The Hall–Kier alpha value is -3.93. The van der Waals surface area contributed by atoms with E-state index in [1.807, 2.05) is 42.5 Å². The number of aromatic nitrogens is 2. The number of carbonyl (C=O) groups is 1. The maximum atomic E-state index is 12.3. The zero-order valence-corrected chi connectivity index (χ0v) is 14.3. The summed E-state index contributed by atoms with van der Waals surface area (Å²) >= 11 is 0. The summed E-state index contributed by atoms with van der Waals surface area (Å²) in [5.41, 5.74) is 5.07. The largest absolute Gasteiger partial charge is 0.508 e. The molecule has 0 bridgehead atoms. The van der Waals surface area contributed by atoms with Crippen LogP contribution >= 0.6 is 0 Å². The lowest BCUT2D eigenvalue weighted by molar-refractivity contribution is 0.0950. The molecule has 6 heteroatoms. The van der Waals surface area contributed by atoms with Gasteiger partial charge >= 0.3 is 0 Å². The summed E-state index contributed by atoms with van der Waals surface area (Å²) in [5, 5.41) is 22.5. The van der Waals surface area contributed by atoms with E-state index in [4.69, 9.17) is 0 Å². The van der Waals surface area contributed by atoms with Crippen molar-refractivity contribution in [1.82, 2.24) is 15.6 Å². The highest BCUT2D eigenvalue weighted by molar-refractivity contribution is 5.98. The number of nitrogens with zero attached hydrogens (tertiary/aromatic N) is 2. The molecule has 0 aliphatic rings. The zero-order valence-electron chi connectivity index (χ0n) is 14.3. The van der Waals surface area contributed by atoms with Gasteiger partial charge in [-0.15, -0.1) is 0 Å². The van der Waals surface area contributed by atoms with Gasteiger partial charge in [0.15, 0.2) is 0 Å². The number of amides is 1. The van der Waals surface area contributed by atoms with Gasteiger partial charge in [0.1, 0.15) is 11.4 Å². The SMILES string of the molecule is O=C(NN=Cc1cccc(O)c1)c1cc(-c2cccc3ccccc23)n[nH]1. The fourth-order valence-corrected chi connectivity index (χ4v) is 2.86. The number of aromatic amines is 1. The first kappa shape index (κ1) is 16.5. The Morgan fingerprint density at radius 3 is 2.74 bits per heavy atom. The van der Waals surface area contributed by atoms with E-state index in [1.165, 1.54) is 6.21 Å². The molecule has 1 aromatic heterocycles. The van der Waals surface area contributed by atoms with Gasteiger partial charge in [0.25, 0.3) is 5.91 Å². The predicted octanol–water partition coefficient (Wildman–Crippen LogP) is 3.70. The number of hydrogen-bond acceptors (Lipinski definition) is 4. The number of hydrogen-bond donors (Lipinski definition) is 3. The molecule has 0 spiro atoms. The standard InChI is InChI=1S/C21H16N4O2/c26-16-8-3-5-14(11-16)13-22-25-21(27)20-12-19(23-24-20)18-10-4-7-15-6-1-2-9-17(15)18/h1-13,26H,(H,23,24)(H,25,27). The van der Waals surface area contributed by atoms with Crippen molar-refractivity contribution in [2.24, 2.45) is 5.10 Å². The van der Waals surface area contributed by atoms with E-state index in [0.717, 1.165) is 16.3 Å². The molecule has 0 aliphatic heterocycles. The summed E-state index contributed by atoms with van der Waals surface area (Å²) in [6.45, 7) is 0. The third kappa shape index (κ3) is 3.55. The molecular weight excluding hydrogens is 340 g/mol. The molecular formula is C21H16N4O2. The minimum absolute atomic E-state index is 0.138. The summed E-state index contributed by atoms with van der Waals surface area (Å²) < 4.78 is 0. The summed E-state index contributed by atoms with van der Waals surface area (Å²) in [6.07, 6.45) is 1.46. The van der Waals surface area contributed by atoms with Crippen LogP contribution in [-0.4, -0.2) is 27.4 Å². The Morgan fingerprint density at radius 2 is 1.85 bits per heavy atom. The number of carbonyl (C=O) groups excluding carboxylic acids is 1. The van der Waals surface area contributed by atoms with Gasteiger partial charge in [0, 0.05) is 5.56 Å². The molecule has 0 atom stereocenters. The summed E-state index contributed by atoms with van der Waals surface area (Å²) in [7, 11) is 0. The van der Waals surface area contributed by atoms with E-state index in [0.29, 0.717) is 17.0 Å². The highest BCUT2D eigenvalue weighted by atomic mass is 16.3. The van der Waals surface area contributed by atoms with E-state index >= 15 is 0 Å². The van der Waals surface area contributed by atoms with Crippen LogP contribution < -0.4 is 5.43 Å². The summed E-state index contributed by atoms with van der Waals surface area (Å²) in [4.78, 5) is 12.3. The Kier molecular flexibility index (Phi) is 4.37. The van der Waals surface area contributed by atoms with Gasteiger partial charge in [0.05, 0.1) is 11.9 Å². The molecule has 6 nitrogen and oxygen atoms in total. The normalized spacial score (nSPS) is 11.1. The van der Waals surface area contributed by atoms with Crippen molar-refractivity contribution in [2.75, 3.05) is 0 Å². The molecule has 132 valence electrons. The number of aromatic hydroxyl groups is 1. The molecule has 0 radical (unpaired) electrons. The maximum Gasteiger partial charge on any atom is 0.289 e. The van der Waals surface area contributed by atoms with Gasteiger partial charge in [-0.1, -0.05) is 54.6 Å². The van der Waals surface area contributed by atoms with Crippen LogP contribution in [0.3, 0.4) is 0 Å². The van der Waals surface area contributed by atoms with Gasteiger partial charge in [-0.2, -0.15) is 10.2 Å². The van der Waals surface area contributed by atoms with Crippen LogP contribution in [0.15, 0.2) is 77.9 Å². The number of phenols is 1. The lowest BCUT2D eigenvalue weighted by Crippen LogP contribution is -2.17. The van der Waals surface area contributed by atoms with Crippen LogP contribution in [0.4, 0.5) is 0 Å². The molecule has 3 aromatic carbocycles. The van der Waals surface area contributed by atoms with Crippen LogP contribution in [0.25, 0.3) is 22.0 Å². The number of hydrazone groups is 1. The minimum Gasteiger partial charge on any atom is -0.508 e. The Morgan fingerprint density at radius 1 is 1.04 bits per heavy atom. The van der Waals surface area contributed by atoms with Crippen LogP contribution in [0, 0.1) is 0 Å². The summed E-state index contributed by atoms with van der Waals surface area (Å²) in [6, 6.07) is 22.3. The number of H-pyrrole nitrogens is 1. The van der Waals surface area contributed by atoms with Crippen molar-refractivity contribution in [3.05, 3.63) is 84.1 Å². The van der Waals surface area contributed by atoms with Crippen molar-refractivity contribution < 1.29 is 9.90 Å². The van der Waals surface area contributed by atoms with Crippen molar-refractivity contribution in [3.8, 4) is 17.0 Å². The van der Waals surface area contributed by atoms with Crippen molar-refractivity contribution >= 4 is 22.9 Å². The second-order valence-electron chi connectivity index (χ2n) is 5.99. The Balaban J connectivity index is 1.53. The first-order valence-corrected chi connectivity index (χ1v) is 8.37. The van der Waals surface area contributed by atoms with Gasteiger partial charge in [-0.05, 0) is 34.5 Å². The van der Waals surface area contributed by atoms with Crippen LogP contribution in [0.2, 0.25) is 0 Å². The van der Waals surface area contributed by atoms with Crippen molar-refractivity contribution in [1.29, 1.82) is 0 Å². The van der Waals surface area contributed by atoms with Crippen LogP contribution in [0.1, 0.15) is 16.1 Å². The molecule has 0 saturated carbocycles. The van der Waals surface area contributed by atoms with Crippen molar-refractivity contribution in [3.63, 3.8) is 0 Å². The van der Waals surface area contributed by atoms with Crippen LogP contribution in [-0.2, 0) is 0 Å². The van der Waals surface area contributed by atoms with Gasteiger partial charge in [-0.3, -0.25) is 9.89 Å². The first-order chi connectivity index (χ1) is 13.2. The highest BCUT2D eigenvalue weighted by Gasteiger charge is 2.12. The fraction of sp³-hybridized carbons (Fsp3) is 0. The molecule has 0 unspecified atom stereocenters. The van der Waals surface area contributed by atoms with Gasteiger partial charge < -0.3 is 5.11 Å². The second-order valence-corrected chi connectivity index (χ2v) is 5.99. The van der Waals surface area contributed by atoms with E-state index < -0.39 is 5.91 Å². The monoisotopic (exact) mass is 356 g/mol. The highest BCUT2D eigenvalue weighted by Crippen LogP contribution is 2.27. The molecule has 0 aliphatic carbocycles. The lowest BCUT2D eigenvalue weighted by atomic mass is 10.0. The average molecular weight is 356 g/mol. The van der Waals surface area contributed by atoms with Crippen LogP contribution in [0.5, 0.6) is 5.75 Å². The number of rotatable bonds is 4. The summed E-state index contributed by atoms with van der Waals surface area (Å²) in [5.74, 6) is -0.260. The Labute approximate surface area is 155 Å². The molecule has 3 N–H and O–H groups in total. The zero-order chi connectivity index (χ0) is 18.6. The third-order valence-electron chi connectivity index (χ3n) is 4.14. The molecule has 1 heterocycles. The lowest BCUT2D eigenvalue weighted by Gasteiger charge is -2.02. The topological polar surface area (TPSA) is 90.4 Å². The fourth-order valence-electron chi connectivity index (χ4n) is 2.86. The number of phenolic OH excluding ortho intramolecular Hbond substituents is 1. The number of nitrogens with one attached hydrogen (secondary N) is 2. The number of benzene rings is 3. The molecule has 4 rings (SSSR count). The van der Waals surface area contributed by atoms with E-state index in [1.54, 1.807) is 30.3 Å². The smallest absolute Gasteiger partial charge is 0.289 e. The maximum absolute atomic E-state index is 12.3. The molecule has 0 saturated heterocycles. The quantitative estimate of drug-likeness (QED) is 0.385. The van der Waals surface area contributed by atoms with Gasteiger partial charge in [-0.25, -0.2) is 5.43 Å². The van der Waals surface area contributed by atoms with E-state index in [2.05, 4.69) is 20.7 Å². The molecule has 1 amide bonds.